The Kier molecular flexibility index (Phi) is 7.70. The standard InChI is InChI=1S/C26H30N2O3S/c1-4-5-9-22-13-15-23(16-14-22)27-26(29)19-28(25-17-12-20(2)18-21(25)3)32(30,31)24-10-7-6-8-11-24/h6-8,10-18H,4-5,9,19H2,1-3H3,(H,27,29). The molecule has 3 aromatic carbocycles. The topological polar surface area (TPSA) is 66.5 Å². The van der Waals surface area contributed by atoms with Crippen LogP contribution in [0.25, 0.3) is 0 Å². The molecule has 6 heteroatoms. The highest BCUT2D eigenvalue weighted by Gasteiger charge is 2.28. The smallest absolute Gasteiger partial charge is 0.264 e. The number of nitrogens with zero attached hydrogens (tertiary/aromatic N) is 1. The summed E-state index contributed by atoms with van der Waals surface area (Å²) in [5.41, 5.74) is 4.17. The molecule has 0 saturated carbocycles. The number of benzene rings is 3. The molecule has 3 rings (SSSR count). The van der Waals surface area contributed by atoms with Crippen molar-refractivity contribution in [3.63, 3.8) is 0 Å². The highest BCUT2D eigenvalue weighted by Crippen LogP contribution is 2.27. The average molecular weight is 451 g/mol. The molecule has 0 saturated heterocycles. The first-order valence-electron chi connectivity index (χ1n) is 10.8. The molecule has 5 nitrogen and oxygen atoms in total. The van der Waals surface area contributed by atoms with Gasteiger partial charge in [-0.15, -0.1) is 0 Å². The number of carbonyl (C=O) groups is 1. The third kappa shape index (κ3) is 5.77. The van der Waals surface area contributed by atoms with Crippen LogP contribution in [0.3, 0.4) is 0 Å². The molecule has 0 aromatic heterocycles. The molecule has 0 heterocycles. The number of nitrogens with one attached hydrogen (secondary N) is 1. The second-order valence-corrected chi connectivity index (χ2v) is 9.83. The highest BCUT2D eigenvalue weighted by atomic mass is 32.2. The van der Waals surface area contributed by atoms with Crippen LogP contribution in [-0.2, 0) is 21.2 Å². The van der Waals surface area contributed by atoms with Crippen LogP contribution >= 0.6 is 0 Å². The second-order valence-electron chi connectivity index (χ2n) is 7.96. The summed E-state index contributed by atoms with van der Waals surface area (Å²) in [4.78, 5) is 13.0. The van der Waals surface area contributed by atoms with Crippen LogP contribution in [0.2, 0.25) is 0 Å². The summed E-state index contributed by atoms with van der Waals surface area (Å²) in [6, 6.07) is 21.4. The summed E-state index contributed by atoms with van der Waals surface area (Å²) in [6.45, 7) is 5.63. The zero-order chi connectivity index (χ0) is 23.1. The van der Waals surface area contributed by atoms with E-state index in [1.54, 1.807) is 36.4 Å². The molecule has 0 aliphatic heterocycles. The Morgan fingerprint density at radius 2 is 1.62 bits per heavy atom. The van der Waals surface area contributed by atoms with Crippen LogP contribution in [0, 0.1) is 13.8 Å². The van der Waals surface area contributed by atoms with E-state index in [2.05, 4.69) is 12.2 Å². The third-order valence-electron chi connectivity index (χ3n) is 5.30. The van der Waals surface area contributed by atoms with Gasteiger partial charge < -0.3 is 5.32 Å². The zero-order valence-electron chi connectivity index (χ0n) is 18.8. The van der Waals surface area contributed by atoms with Gasteiger partial charge in [-0.3, -0.25) is 9.10 Å². The van der Waals surface area contributed by atoms with Gasteiger partial charge in [0.05, 0.1) is 10.6 Å². The van der Waals surface area contributed by atoms with Crippen molar-refractivity contribution in [2.45, 2.75) is 44.9 Å². The van der Waals surface area contributed by atoms with E-state index in [-0.39, 0.29) is 11.4 Å². The number of amides is 1. The van der Waals surface area contributed by atoms with Crippen molar-refractivity contribution in [1.82, 2.24) is 0 Å². The lowest BCUT2D eigenvalue weighted by molar-refractivity contribution is -0.114. The fourth-order valence-corrected chi connectivity index (χ4v) is 5.08. The van der Waals surface area contributed by atoms with Crippen molar-refractivity contribution in [2.24, 2.45) is 0 Å². The van der Waals surface area contributed by atoms with Gasteiger partial charge in [-0.05, 0) is 68.1 Å². The molecule has 0 bridgehead atoms. The maximum Gasteiger partial charge on any atom is 0.264 e. The van der Waals surface area contributed by atoms with Crippen molar-refractivity contribution >= 4 is 27.3 Å². The molecule has 168 valence electrons. The molecule has 1 N–H and O–H groups in total. The largest absolute Gasteiger partial charge is 0.325 e. The molecule has 0 spiro atoms. The quantitative estimate of drug-likeness (QED) is 0.469. The van der Waals surface area contributed by atoms with Gasteiger partial charge >= 0.3 is 0 Å². The number of carbonyl (C=O) groups excluding carboxylic acids is 1. The van der Waals surface area contributed by atoms with Crippen LogP contribution < -0.4 is 9.62 Å². The van der Waals surface area contributed by atoms with E-state index in [0.29, 0.717) is 11.4 Å². The average Bonchev–Trinajstić information content (AvgIpc) is 2.78. The monoisotopic (exact) mass is 450 g/mol. The molecule has 32 heavy (non-hydrogen) atoms. The number of sulfonamides is 1. The maximum atomic E-state index is 13.4. The SMILES string of the molecule is CCCCc1ccc(NC(=O)CN(c2ccc(C)cc2C)S(=O)(=O)c2ccccc2)cc1. The van der Waals surface area contributed by atoms with Crippen LogP contribution in [0.15, 0.2) is 77.7 Å². The molecule has 0 radical (unpaired) electrons. The highest BCUT2D eigenvalue weighted by molar-refractivity contribution is 7.92. The minimum absolute atomic E-state index is 0.146. The summed E-state index contributed by atoms with van der Waals surface area (Å²) in [5.74, 6) is -0.397. The summed E-state index contributed by atoms with van der Waals surface area (Å²) >= 11 is 0. The lowest BCUT2D eigenvalue weighted by atomic mass is 10.1. The molecule has 0 unspecified atom stereocenters. The molecule has 3 aromatic rings. The lowest BCUT2D eigenvalue weighted by Crippen LogP contribution is -2.38. The Morgan fingerprint density at radius 1 is 0.938 bits per heavy atom. The minimum atomic E-state index is -3.92. The van der Waals surface area contributed by atoms with E-state index in [0.717, 1.165) is 30.4 Å². The van der Waals surface area contributed by atoms with Crippen molar-refractivity contribution in [1.29, 1.82) is 0 Å². The fourth-order valence-electron chi connectivity index (χ4n) is 3.57. The molecule has 0 fully saturated rings. The van der Waals surface area contributed by atoms with Gasteiger partial charge in [0.15, 0.2) is 0 Å². The fraction of sp³-hybridized carbons (Fsp3) is 0.269. The zero-order valence-corrected chi connectivity index (χ0v) is 19.7. The summed E-state index contributed by atoms with van der Waals surface area (Å²) < 4.78 is 28.1. The predicted octanol–water partition coefficient (Wildman–Crippen LogP) is 5.48. The van der Waals surface area contributed by atoms with Crippen LogP contribution in [0.4, 0.5) is 11.4 Å². The molecular formula is C26H30N2O3S. The van der Waals surface area contributed by atoms with E-state index >= 15 is 0 Å². The first-order chi connectivity index (χ1) is 15.3. The summed E-state index contributed by atoms with van der Waals surface area (Å²) in [5, 5.41) is 2.83. The summed E-state index contributed by atoms with van der Waals surface area (Å²) in [7, 11) is -3.92. The molecule has 0 aliphatic rings. The minimum Gasteiger partial charge on any atom is -0.325 e. The Labute approximate surface area is 191 Å². The molecule has 1 amide bonds. The van der Waals surface area contributed by atoms with E-state index in [1.165, 1.54) is 9.87 Å². The number of aryl methyl sites for hydroxylation is 3. The van der Waals surface area contributed by atoms with Crippen molar-refractivity contribution in [3.05, 3.63) is 89.5 Å². The number of unbranched alkanes of at least 4 members (excludes halogenated alkanes) is 1. The number of hydrogen-bond acceptors (Lipinski definition) is 3. The van der Waals surface area contributed by atoms with Gasteiger partial charge in [0.1, 0.15) is 6.54 Å². The molecule has 0 aliphatic carbocycles. The summed E-state index contributed by atoms with van der Waals surface area (Å²) in [6.07, 6.45) is 3.25. The van der Waals surface area contributed by atoms with Crippen molar-refractivity contribution in [3.8, 4) is 0 Å². The van der Waals surface area contributed by atoms with Crippen molar-refractivity contribution < 1.29 is 13.2 Å². The second kappa shape index (κ2) is 10.5. The van der Waals surface area contributed by atoms with E-state index in [4.69, 9.17) is 0 Å². The first-order valence-corrected chi connectivity index (χ1v) is 12.3. The Morgan fingerprint density at radius 3 is 2.25 bits per heavy atom. The van der Waals surface area contributed by atoms with Gasteiger partial charge in [0, 0.05) is 5.69 Å². The Hall–Kier alpha value is -3.12. The number of rotatable bonds is 9. The Balaban J connectivity index is 1.86. The Bertz CT molecular complexity index is 1160. The first kappa shape index (κ1) is 23.5. The van der Waals surface area contributed by atoms with Gasteiger partial charge in [-0.2, -0.15) is 0 Å². The van der Waals surface area contributed by atoms with Crippen LogP contribution in [-0.4, -0.2) is 20.9 Å². The third-order valence-corrected chi connectivity index (χ3v) is 7.07. The molecule has 0 atom stereocenters. The van der Waals surface area contributed by atoms with Crippen LogP contribution in [0.5, 0.6) is 0 Å². The normalized spacial score (nSPS) is 11.2. The van der Waals surface area contributed by atoms with Gasteiger partial charge in [0.25, 0.3) is 10.0 Å². The van der Waals surface area contributed by atoms with Crippen molar-refractivity contribution in [2.75, 3.05) is 16.2 Å². The predicted molar refractivity (Wildman–Crippen MR) is 131 cm³/mol. The van der Waals surface area contributed by atoms with E-state index < -0.39 is 15.9 Å². The van der Waals surface area contributed by atoms with E-state index in [9.17, 15) is 13.2 Å². The van der Waals surface area contributed by atoms with Gasteiger partial charge in [0.2, 0.25) is 5.91 Å². The maximum absolute atomic E-state index is 13.4. The van der Waals surface area contributed by atoms with E-state index in [1.807, 2.05) is 50.2 Å². The number of anilines is 2. The number of hydrogen-bond donors (Lipinski definition) is 1. The van der Waals surface area contributed by atoms with Gasteiger partial charge in [-0.25, -0.2) is 8.42 Å². The van der Waals surface area contributed by atoms with Gasteiger partial charge in [-0.1, -0.05) is 61.4 Å². The molecular weight excluding hydrogens is 420 g/mol. The lowest BCUT2D eigenvalue weighted by Gasteiger charge is -2.26. The van der Waals surface area contributed by atoms with Crippen LogP contribution in [0.1, 0.15) is 36.5 Å².